The van der Waals surface area contributed by atoms with Gasteiger partial charge in [-0.1, -0.05) is 71.9 Å². The largest absolute Gasteiger partial charge is 0.238 e. The van der Waals surface area contributed by atoms with E-state index >= 15 is 0 Å². The molecular weight excluding hydrogens is 346 g/mol. The van der Waals surface area contributed by atoms with Crippen molar-refractivity contribution < 1.29 is 0 Å². The lowest BCUT2D eigenvalue weighted by molar-refractivity contribution is 0.955. The minimum atomic E-state index is 0.866. The number of aryl methyl sites for hydroxylation is 2. The highest BCUT2D eigenvalue weighted by Gasteiger charge is 2.15. The molecule has 4 aromatic rings. The third-order valence-corrected chi connectivity index (χ3v) is 5.94. The quantitative estimate of drug-likeness (QED) is 0.438. The average Bonchev–Trinajstić information content (AvgIpc) is 3.03. The van der Waals surface area contributed by atoms with Crippen LogP contribution in [0.4, 0.5) is 0 Å². The highest BCUT2D eigenvalue weighted by molar-refractivity contribution is 7.98. The Morgan fingerprint density at radius 2 is 1.68 bits per heavy atom. The highest BCUT2D eigenvalue weighted by Crippen LogP contribution is 2.36. The fraction of sp³-hybridized carbons (Fsp3) is 0.150. The minimum absolute atomic E-state index is 0.866. The van der Waals surface area contributed by atoms with Crippen molar-refractivity contribution in [3.8, 4) is 11.3 Å². The van der Waals surface area contributed by atoms with Crippen LogP contribution in [0.5, 0.6) is 0 Å². The van der Waals surface area contributed by atoms with Crippen LogP contribution in [0, 0.1) is 13.8 Å². The van der Waals surface area contributed by atoms with Crippen LogP contribution in [0.2, 0.25) is 0 Å². The standard InChI is InChI=1S/C20H17N3S2/c1-13-8-10-16(11-9-13)17-19-18(21-14(2)25-19)20(23-22-17)24-12-15-6-4-3-5-7-15/h3-11H,12H2,1-2H3. The summed E-state index contributed by atoms with van der Waals surface area (Å²) in [6.07, 6.45) is 0. The molecule has 0 aliphatic carbocycles. The van der Waals surface area contributed by atoms with Crippen molar-refractivity contribution in [1.82, 2.24) is 15.2 Å². The molecule has 5 heteroatoms. The lowest BCUT2D eigenvalue weighted by atomic mass is 10.1. The summed E-state index contributed by atoms with van der Waals surface area (Å²) in [5.41, 5.74) is 5.49. The third kappa shape index (κ3) is 3.43. The van der Waals surface area contributed by atoms with Crippen LogP contribution in [-0.4, -0.2) is 15.2 Å². The summed E-state index contributed by atoms with van der Waals surface area (Å²) in [6.45, 7) is 4.13. The van der Waals surface area contributed by atoms with Crippen LogP contribution >= 0.6 is 23.1 Å². The van der Waals surface area contributed by atoms with E-state index in [1.54, 1.807) is 23.1 Å². The van der Waals surface area contributed by atoms with E-state index < -0.39 is 0 Å². The first-order chi connectivity index (χ1) is 12.2. The molecule has 0 saturated carbocycles. The summed E-state index contributed by atoms with van der Waals surface area (Å²) in [4.78, 5) is 4.72. The van der Waals surface area contributed by atoms with Gasteiger partial charge < -0.3 is 0 Å². The van der Waals surface area contributed by atoms with Gasteiger partial charge in [-0.15, -0.1) is 21.5 Å². The number of thioether (sulfide) groups is 1. The van der Waals surface area contributed by atoms with Crippen LogP contribution in [-0.2, 0) is 5.75 Å². The molecule has 0 amide bonds. The van der Waals surface area contributed by atoms with Crippen LogP contribution in [0.1, 0.15) is 16.1 Å². The Morgan fingerprint density at radius 1 is 0.920 bits per heavy atom. The second kappa shape index (κ2) is 6.94. The fourth-order valence-electron chi connectivity index (χ4n) is 2.64. The number of rotatable bonds is 4. The van der Waals surface area contributed by atoms with Gasteiger partial charge in [-0.25, -0.2) is 4.98 Å². The Hall–Kier alpha value is -2.24. The molecule has 0 saturated heterocycles. The van der Waals surface area contributed by atoms with Crippen LogP contribution in [0.15, 0.2) is 59.6 Å². The Labute approximate surface area is 155 Å². The molecule has 25 heavy (non-hydrogen) atoms. The van der Waals surface area contributed by atoms with Crippen LogP contribution in [0.25, 0.3) is 21.5 Å². The van der Waals surface area contributed by atoms with Crippen molar-refractivity contribution in [2.45, 2.75) is 24.6 Å². The molecule has 0 unspecified atom stereocenters. The lowest BCUT2D eigenvalue weighted by Crippen LogP contribution is -1.93. The van der Waals surface area contributed by atoms with Crippen LogP contribution < -0.4 is 0 Å². The Bertz CT molecular complexity index is 1010. The van der Waals surface area contributed by atoms with Gasteiger partial charge in [0.1, 0.15) is 16.2 Å². The van der Waals surface area contributed by atoms with E-state index in [0.717, 1.165) is 37.3 Å². The lowest BCUT2D eigenvalue weighted by Gasteiger charge is -2.05. The Balaban J connectivity index is 1.72. The molecule has 0 aliphatic heterocycles. The van der Waals surface area contributed by atoms with E-state index in [4.69, 9.17) is 4.98 Å². The fourth-order valence-corrected chi connectivity index (χ4v) is 4.51. The van der Waals surface area contributed by atoms with Gasteiger partial charge in [0.25, 0.3) is 0 Å². The van der Waals surface area contributed by atoms with Gasteiger partial charge in [0.15, 0.2) is 0 Å². The van der Waals surface area contributed by atoms with Crippen LogP contribution in [0.3, 0.4) is 0 Å². The number of thiazole rings is 1. The molecule has 0 radical (unpaired) electrons. The zero-order chi connectivity index (χ0) is 17.2. The molecular formula is C20H17N3S2. The minimum Gasteiger partial charge on any atom is -0.238 e. The molecule has 2 heterocycles. The first kappa shape index (κ1) is 16.2. The van der Waals surface area contributed by atoms with Crippen molar-refractivity contribution in [2.24, 2.45) is 0 Å². The van der Waals surface area contributed by atoms with Crippen molar-refractivity contribution in [3.63, 3.8) is 0 Å². The van der Waals surface area contributed by atoms with Crippen molar-refractivity contribution >= 4 is 33.3 Å². The SMILES string of the molecule is Cc1ccc(-c2nnc(SCc3ccccc3)c3nc(C)sc23)cc1. The van der Waals surface area contributed by atoms with Gasteiger partial charge in [-0.3, -0.25) is 0 Å². The van der Waals surface area contributed by atoms with Crippen molar-refractivity contribution in [1.29, 1.82) is 0 Å². The number of aromatic nitrogens is 3. The monoisotopic (exact) mass is 363 g/mol. The van der Waals surface area contributed by atoms with E-state index in [2.05, 4.69) is 65.7 Å². The second-order valence-electron chi connectivity index (χ2n) is 5.90. The average molecular weight is 364 g/mol. The van der Waals surface area contributed by atoms with E-state index in [0.29, 0.717) is 0 Å². The summed E-state index contributed by atoms with van der Waals surface area (Å²) < 4.78 is 1.12. The smallest absolute Gasteiger partial charge is 0.146 e. The normalized spacial score (nSPS) is 11.1. The number of benzene rings is 2. The van der Waals surface area contributed by atoms with Gasteiger partial charge in [-0.05, 0) is 19.4 Å². The highest BCUT2D eigenvalue weighted by atomic mass is 32.2. The molecule has 3 nitrogen and oxygen atoms in total. The molecule has 0 aliphatic rings. The van der Waals surface area contributed by atoms with E-state index in [9.17, 15) is 0 Å². The zero-order valence-corrected chi connectivity index (χ0v) is 15.7. The number of hydrogen-bond acceptors (Lipinski definition) is 5. The maximum Gasteiger partial charge on any atom is 0.146 e. The maximum absolute atomic E-state index is 4.72. The zero-order valence-electron chi connectivity index (χ0n) is 14.1. The van der Waals surface area contributed by atoms with E-state index in [1.807, 2.05) is 13.0 Å². The molecule has 0 N–H and O–H groups in total. The molecule has 2 aromatic heterocycles. The van der Waals surface area contributed by atoms with Gasteiger partial charge in [0, 0.05) is 11.3 Å². The number of nitrogens with zero attached hydrogens (tertiary/aromatic N) is 3. The maximum atomic E-state index is 4.72. The van der Waals surface area contributed by atoms with Crippen molar-refractivity contribution in [3.05, 3.63) is 70.7 Å². The Morgan fingerprint density at radius 3 is 2.44 bits per heavy atom. The summed E-state index contributed by atoms with van der Waals surface area (Å²) in [5, 5.41) is 11.0. The molecule has 0 bridgehead atoms. The molecule has 4 rings (SSSR count). The predicted molar refractivity (Wildman–Crippen MR) is 106 cm³/mol. The first-order valence-electron chi connectivity index (χ1n) is 8.08. The summed E-state index contributed by atoms with van der Waals surface area (Å²) in [6, 6.07) is 18.8. The molecule has 2 aromatic carbocycles. The molecule has 0 atom stereocenters. The summed E-state index contributed by atoms with van der Waals surface area (Å²) in [7, 11) is 0. The Kier molecular flexibility index (Phi) is 4.51. The van der Waals surface area contributed by atoms with E-state index in [1.165, 1.54) is 11.1 Å². The van der Waals surface area contributed by atoms with Gasteiger partial charge in [0.05, 0.1) is 9.71 Å². The predicted octanol–water partition coefficient (Wildman–Crippen LogP) is 5.66. The number of hydrogen-bond donors (Lipinski definition) is 0. The van der Waals surface area contributed by atoms with E-state index in [-0.39, 0.29) is 0 Å². The molecule has 124 valence electrons. The van der Waals surface area contributed by atoms with Gasteiger partial charge >= 0.3 is 0 Å². The summed E-state index contributed by atoms with van der Waals surface area (Å²) in [5.74, 6) is 0.866. The summed E-state index contributed by atoms with van der Waals surface area (Å²) >= 11 is 3.38. The topological polar surface area (TPSA) is 38.7 Å². The first-order valence-corrected chi connectivity index (χ1v) is 9.88. The molecule has 0 spiro atoms. The second-order valence-corrected chi connectivity index (χ2v) is 8.07. The third-order valence-electron chi connectivity index (χ3n) is 3.94. The number of fused-ring (bicyclic) bond motifs is 1. The van der Waals surface area contributed by atoms with Gasteiger partial charge in [0.2, 0.25) is 0 Å². The van der Waals surface area contributed by atoms with Crippen molar-refractivity contribution in [2.75, 3.05) is 0 Å². The van der Waals surface area contributed by atoms with Gasteiger partial charge in [-0.2, -0.15) is 0 Å². The molecule has 0 fully saturated rings.